The Morgan fingerprint density at radius 2 is 2.11 bits per heavy atom. The Morgan fingerprint density at radius 1 is 1.28 bits per heavy atom. The zero-order valence-electron chi connectivity index (χ0n) is 11.1. The number of nitrogens with zero attached hydrogens (tertiary/aromatic N) is 1. The van der Waals surface area contributed by atoms with E-state index in [0.717, 1.165) is 41.0 Å². The minimum absolute atomic E-state index is 0.778. The zero-order chi connectivity index (χ0) is 12.8. The lowest BCUT2D eigenvalue weighted by atomic mass is 10.1. The molecule has 1 aromatic carbocycles. The molecule has 0 saturated heterocycles. The second-order valence-electron chi connectivity index (χ2n) is 4.84. The molecular weight excluding hydrogens is 242 g/mol. The molecule has 0 aliphatic heterocycles. The summed E-state index contributed by atoms with van der Waals surface area (Å²) in [5.74, 6) is 1.83. The maximum absolute atomic E-state index is 4.54. The van der Waals surface area contributed by atoms with E-state index in [4.69, 9.17) is 0 Å². The van der Waals surface area contributed by atoms with Crippen LogP contribution in [-0.2, 0) is 0 Å². The van der Waals surface area contributed by atoms with Crippen molar-refractivity contribution < 1.29 is 0 Å². The van der Waals surface area contributed by atoms with Crippen molar-refractivity contribution in [2.75, 3.05) is 18.8 Å². The van der Waals surface area contributed by atoms with Gasteiger partial charge in [-0.2, -0.15) is 0 Å². The fourth-order valence-corrected chi connectivity index (χ4v) is 2.52. The number of H-pyrrole nitrogens is 1. The van der Waals surface area contributed by atoms with Gasteiger partial charge in [0, 0.05) is 12.3 Å². The van der Waals surface area contributed by atoms with E-state index >= 15 is 0 Å². The van der Waals surface area contributed by atoms with Crippen LogP contribution in [0.2, 0.25) is 0 Å². The van der Waals surface area contributed by atoms with Gasteiger partial charge in [0.25, 0.3) is 0 Å². The number of imidazole rings is 1. The summed E-state index contributed by atoms with van der Waals surface area (Å²) in [7, 11) is 0. The van der Waals surface area contributed by atoms with Crippen molar-refractivity contribution in [1.82, 2.24) is 15.3 Å². The Labute approximate surface area is 113 Å². The van der Waals surface area contributed by atoms with Gasteiger partial charge in [-0.05, 0) is 31.0 Å². The van der Waals surface area contributed by atoms with E-state index in [1.807, 2.05) is 18.2 Å². The van der Waals surface area contributed by atoms with Crippen LogP contribution >= 0.6 is 11.8 Å². The third kappa shape index (κ3) is 4.03. The predicted octanol–water partition coefficient (Wildman–Crippen LogP) is 3.29. The number of para-hydroxylation sites is 2. The average Bonchev–Trinajstić information content (AvgIpc) is 2.75. The maximum Gasteiger partial charge on any atom is 0.166 e. The first-order valence-corrected chi connectivity index (χ1v) is 7.52. The van der Waals surface area contributed by atoms with Gasteiger partial charge >= 0.3 is 0 Å². The first-order chi connectivity index (χ1) is 8.75. The number of hydrogen-bond donors (Lipinski definition) is 2. The number of rotatable bonds is 7. The first kappa shape index (κ1) is 13.4. The van der Waals surface area contributed by atoms with Crippen molar-refractivity contribution in [3.63, 3.8) is 0 Å². The number of nitrogens with one attached hydrogen (secondary N) is 2. The van der Waals surface area contributed by atoms with E-state index in [-0.39, 0.29) is 0 Å². The smallest absolute Gasteiger partial charge is 0.166 e. The van der Waals surface area contributed by atoms with Gasteiger partial charge in [0.2, 0.25) is 0 Å². The first-order valence-electron chi connectivity index (χ1n) is 6.54. The van der Waals surface area contributed by atoms with Gasteiger partial charge in [0.1, 0.15) is 0 Å². The lowest BCUT2D eigenvalue weighted by Gasteiger charge is -2.05. The van der Waals surface area contributed by atoms with Crippen molar-refractivity contribution in [2.45, 2.75) is 25.4 Å². The highest BCUT2D eigenvalue weighted by Gasteiger charge is 2.01. The Bertz CT molecular complexity index is 446. The van der Waals surface area contributed by atoms with Crippen LogP contribution in [0, 0.1) is 5.92 Å². The van der Waals surface area contributed by atoms with Crippen molar-refractivity contribution in [3.05, 3.63) is 24.3 Å². The SMILES string of the molecule is CC(C)CCNCCSc1nc2ccccc2[nH]1. The quantitative estimate of drug-likeness (QED) is 0.595. The second-order valence-corrected chi connectivity index (χ2v) is 5.92. The molecule has 0 atom stereocenters. The Hall–Kier alpha value is -1.00. The highest BCUT2D eigenvalue weighted by molar-refractivity contribution is 7.99. The third-order valence-electron chi connectivity index (χ3n) is 2.78. The molecule has 1 heterocycles. The van der Waals surface area contributed by atoms with Crippen molar-refractivity contribution in [1.29, 1.82) is 0 Å². The van der Waals surface area contributed by atoms with Crippen LogP contribution in [0.1, 0.15) is 20.3 Å². The number of benzene rings is 1. The molecule has 4 heteroatoms. The van der Waals surface area contributed by atoms with Crippen LogP contribution in [0.25, 0.3) is 11.0 Å². The summed E-state index contributed by atoms with van der Waals surface area (Å²) in [6.07, 6.45) is 1.25. The minimum Gasteiger partial charge on any atom is -0.333 e. The Morgan fingerprint density at radius 3 is 2.89 bits per heavy atom. The van der Waals surface area contributed by atoms with E-state index < -0.39 is 0 Å². The number of hydrogen-bond acceptors (Lipinski definition) is 3. The molecule has 3 nitrogen and oxygen atoms in total. The highest BCUT2D eigenvalue weighted by Crippen LogP contribution is 2.18. The molecule has 1 aromatic heterocycles. The summed E-state index contributed by atoms with van der Waals surface area (Å²) in [6, 6.07) is 8.15. The lowest BCUT2D eigenvalue weighted by molar-refractivity contribution is 0.547. The van der Waals surface area contributed by atoms with E-state index in [0.29, 0.717) is 0 Å². The molecule has 0 saturated carbocycles. The molecule has 98 valence electrons. The molecule has 0 bridgehead atoms. The fraction of sp³-hybridized carbons (Fsp3) is 0.500. The summed E-state index contributed by atoms with van der Waals surface area (Å²) in [5, 5.41) is 4.47. The summed E-state index contributed by atoms with van der Waals surface area (Å²) >= 11 is 1.78. The Kier molecular flexibility index (Phi) is 5.08. The van der Waals surface area contributed by atoms with E-state index in [1.54, 1.807) is 11.8 Å². The maximum atomic E-state index is 4.54. The number of thioether (sulfide) groups is 1. The molecule has 2 N–H and O–H groups in total. The average molecular weight is 263 g/mol. The molecule has 2 rings (SSSR count). The summed E-state index contributed by atoms with van der Waals surface area (Å²) in [5.41, 5.74) is 2.17. The molecular formula is C14H21N3S. The second kappa shape index (κ2) is 6.81. The molecule has 0 aliphatic rings. The molecule has 0 spiro atoms. The van der Waals surface area contributed by atoms with Crippen LogP contribution in [0.15, 0.2) is 29.4 Å². The van der Waals surface area contributed by atoms with Gasteiger partial charge < -0.3 is 10.3 Å². The van der Waals surface area contributed by atoms with Crippen molar-refractivity contribution >= 4 is 22.8 Å². The summed E-state index contributed by atoms with van der Waals surface area (Å²) < 4.78 is 0. The van der Waals surface area contributed by atoms with E-state index in [9.17, 15) is 0 Å². The van der Waals surface area contributed by atoms with Gasteiger partial charge in [-0.15, -0.1) is 0 Å². The summed E-state index contributed by atoms with van der Waals surface area (Å²) in [4.78, 5) is 7.87. The molecule has 0 fully saturated rings. The monoisotopic (exact) mass is 263 g/mol. The van der Waals surface area contributed by atoms with Crippen molar-refractivity contribution in [3.8, 4) is 0 Å². The van der Waals surface area contributed by atoms with Crippen LogP contribution in [0.5, 0.6) is 0 Å². The van der Waals surface area contributed by atoms with Gasteiger partial charge in [-0.3, -0.25) is 0 Å². The minimum atomic E-state index is 0.778. The van der Waals surface area contributed by atoms with Gasteiger partial charge in [0.15, 0.2) is 5.16 Å². The highest BCUT2D eigenvalue weighted by atomic mass is 32.2. The van der Waals surface area contributed by atoms with E-state index in [2.05, 4.69) is 35.2 Å². The number of fused-ring (bicyclic) bond motifs is 1. The van der Waals surface area contributed by atoms with Crippen LogP contribution in [0.3, 0.4) is 0 Å². The number of aromatic nitrogens is 2. The molecule has 2 aromatic rings. The molecule has 0 radical (unpaired) electrons. The standard InChI is InChI=1S/C14H21N3S/c1-11(2)7-8-15-9-10-18-14-16-12-5-3-4-6-13(12)17-14/h3-6,11,15H,7-10H2,1-2H3,(H,16,17). The van der Waals surface area contributed by atoms with E-state index in [1.165, 1.54) is 6.42 Å². The van der Waals surface area contributed by atoms with Crippen LogP contribution in [-0.4, -0.2) is 28.8 Å². The van der Waals surface area contributed by atoms with Gasteiger partial charge in [0.05, 0.1) is 11.0 Å². The van der Waals surface area contributed by atoms with Crippen molar-refractivity contribution in [2.24, 2.45) is 5.92 Å². The molecule has 0 aliphatic carbocycles. The van der Waals surface area contributed by atoms with Gasteiger partial charge in [-0.25, -0.2) is 4.98 Å². The van der Waals surface area contributed by atoms with Crippen LogP contribution < -0.4 is 5.32 Å². The van der Waals surface area contributed by atoms with Crippen LogP contribution in [0.4, 0.5) is 0 Å². The largest absolute Gasteiger partial charge is 0.333 e. The van der Waals surface area contributed by atoms with Gasteiger partial charge in [-0.1, -0.05) is 37.7 Å². The zero-order valence-corrected chi connectivity index (χ0v) is 11.9. The number of aromatic amines is 1. The lowest BCUT2D eigenvalue weighted by Crippen LogP contribution is -2.19. The predicted molar refractivity (Wildman–Crippen MR) is 79.1 cm³/mol. The summed E-state index contributed by atoms with van der Waals surface area (Å²) in [6.45, 7) is 6.66. The molecule has 0 amide bonds. The molecule has 0 unspecified atom stereocenters. The normalized spacial score (nSPS) is 11.5. The third-order valence-corrected chi connectivity index (χ3v) is 3.66. The fourth-order valence-electron chi connectivity index (χ4n) is 1.73. The topological polar surface area (TPSA) is 40.7 Å². The molecule has 18 heavy (non-hydrogen) atoms. The Balaban J connectivity index is 1.70.